The minimum absolute atomic E-state index is 0.0441. The van der Waals surface area contributed by atoms with Crippen molar-refractivity contribution in [2.75, 3.05) is 17.5 Å². The summed E-state index contributed by atoms with van der Waals surface area (Å²) < 4.78 is 32.7. The zero-order valence-corrected chi connectivity index (χ0v) is 16.0. The molecule has 0 aliphatic carbocycles. The number of benzene rings is 2. The van der Waals surface area contributed by atoms with Crippen LogP contribution in [0, 0.1) is 10.1 Å². The van der Waals surface area contributed by atoms with Crippen LogP contribution in [0.1, 0.15) is 19.8 Å². The van der Waals surface area contributed by atoms with E-state index in [4.69, 9.17) is 9.84 Å². The first kappa shape index (κ1) is 21.2. The standard InChI is InChI=1S/C18H20N2O7S/c1-2-27-15-11-9-14(10-12-15)19(13-5-8-18(21)22)28(25,26)17-7-4-3-6-16(17)20(23)24/h3-4,6-7,9-12H,2,5,8,13H2,1H3,(H,21,22). The highest BCUT2D eigenvalue weighted by Crippen LogP contribution is 2.31. The SMILES string of the molecule is CCOc1ccc(N(CCCC(=O)O)S(=O)(=O)c2ccccc2[N+](=O)[O-])cc1. The number of anilines is 1. The molecule has 2 aromatic carbocycles. The molecule has 0 heterocycles. The van der Waals surface area contributed by atoms with Gasteiger partial charge in [0.15, 0.2) is 4.90 Å². The molecule has 0 aliphatic rings. The van der Waals surface area contributed by atoms with Crippen molar-refractivity contribution in [2.45, 2.75) is 24.7 Å². The first-order valence-corrected chi connectivity index (χ1v) is 9.92. The molecule has 0 radical (unpaired) electrons. The number of carbonyl (C=O) groups is 1. The Hall–Kier alpha value is -3.14. The van der Waals surface area contributed by atoms with Crippen molar-refractivity contribution < 1.29 is 28.0 Å². The number of hydrogen-bond donors (Lipinski definition) is 1. The van der Waals surface area contributed by atoms with Gasteiger partial charge in [0.1, 0.15) is 5.75 Å². The molecule has 0 fully saturated rings. The van der Waals surface area contributed by atoms with Crippen LogP contribution >= 0.6 is 0 Å². The molecule has 0 aliphatic heterocycles. The van der Waals surface area contributed by atoms with Gasteiger partial charge in [-0.1, -0.05) is 12.1 Å². The first-order valence-electron chi connectivity index (χ1n) is 8.48. The molecule has 9 nitrogen and oxygen atoms in total. The Kier molecular flexibility index (Phi) is 6.94. The van der Waals surface area contributed by atoms with Crippen LogP contribution in [-0.2, 0) is 14.8 Å². The van der Waals surface area contributed by atoms with E-state index < -0.39 is 31.5 Å². The molecule has 0 amide bonds. The molecule has 2 aromatic rings. The molecule has 0 aromatic heterocycles. The Bertz CT molecular complexity index is 943. The largest absolute Gasteiger partial charge is 0.494 e. The van der Waals surface area contributed by atoms with Gasteiger partial charge >= 0.3 is 5.97 Å². The number of nitro benzene ring substituents is 1. The second-order valence-corrected chi connectivity index (χ2v) is 7.56. The second kappa shape index (κ2) is 9.18. The monoisotopic (exact) mass is 408 g/mol. The van der Waals surface area contributed by atoms with Gasteiger partial charge in [-0.3, -0.25) is 19.2 Å². The van der Waals surface area contributed by atoms with Crippen LogP contribution in [0.25, 0.3) is 0 Å². The van der Waals surface area contributed by atoms with Gasteiger partial charge in [0.25, 0.3) is 15.7 Å². The van der Waals surface area contributed by atoms with Crippen LogP contribution in [0.2, 0.25) is 0 Å². The molecule has 28 heavy (non-hydrogen) atoms. The number of nitrogens with zero attached hydrogens (tertiary/aromatic N) is 2. The number of ether oxygens (including phenoxy) is 1. The fourth-order valence-corrected chi connectivity index (χ4v) is 4.25. The minimum Gasteiger partial charge on any atom is -0.494 e. The summed E-state index contributed by atoms with van der Waals surface area (Å²) in [5, 5.41) is 20.1. The zero-order chi connectivity index (χ0) is 20.7. The summed E-state index contributed by atoms with van der Waals surface area (Å²) in [4.78, 5) is 20.9. The smallest absolute Gasteiger partial charge is 0.303 e. The molecule has 0 saturated carbocycles. The summed E-state index contributed by atoms with van der Waals surface area (Å²) in [5.74, 6) is -0.519. The van der Waals surface area contributed by atoms with Gasteiger partial charge in [-0.2, -0.15) is 0 Å². The molecule has 0 bridgehead atoms. The van der Waals surface area contributed by atoms with E-state index in [2.05, 4.69) is 0 Å². The van der Waals surface area contributed by atoms with Crippen molar-refractivity contribution in [3.8, 4) is 5.75 Å². The number of aliphatic carboxylic acids is 1. The summed E-state index contributed by atoms with van der Waals surface area (Å²) >= 11 is 0. The number of nitro groups is 1. The van der Waals surface area contributed by atoms with Crippen LogP contribution in [0.5, 0.6) is 5.75 Å². The van der Waals surface area contributed by atoms with Crippen molar-refractivity contribution >= 4 is 27.4 Å². The van der Waals surface area contributed by atoms with Crippen molar-refractivity contribution in [1.82, 2.24) is 0 Å². The zero-order valence-electron chi connectivity index (χ0n) is 15.1. The minimum atomic E-state index is -4.29. The van der Waals surface area contributed by atoms with E-state index in [-0.39, 0.29) is 25.1 Å². The topological polar surface area (TPSA) is 127 Å². The highest BCUT2D eigenvalue weighted by Gasteiger charge is 2.31. The van der Waals surface area contributed by atoms with E-state index in [1.54, 1.807) is 12.1 Å². The predicted molar refractivity (Wildman–Crippen MR) is 102 cm³/mol. The van der Waals surface area contributed by atoms with Gasteiger partial charge in [-0.25, -0.2) is 8.42 Å². The molecule has 10 heteroatoms. The fourth-order valence-electron chi connectivity index (χ4n) is 2.58. The lowest BCUT2D eigenvalue weighted by atomic mass is 10.2. The quantitative estimate of drug-likeness (QED) is 0.473. The normalized spacial score (nSPS) is 11.0. The van der Waals surface area contributed by atoms with Crippen LogP contribution < -0.4 is 9.04 Å². The molecule has 150 valence electrons. The maximum atomic E-state index is 13.2. The number of sulfonamides is 1. The van der Waals surface area contributed by atoms with E-state index in [1.807, 2.05) is 6.92 Å². The van der Waals surface area contributed by atoms with Crippen molar-refractivity contribution in [3.63, 3.8) is 0 Å². The van der Waals surface area contributed by atoms with Gasteiger partial charge < -0.3 is 9.84 Å². The van der Waals surface area contributed by atoms with Crippen LogP contribution in [0.4, 0.5) is 11.4 Å². The Balaban J connectivity index is 2.48. The van der Waals surface area contributed by atoms with E-state index >= 15 is 0 Å². The van der Waals surface area contributed by atoms with Gasteiger partial charge in [-0.15, -0.1) is 0 Å². The molecule has 1 N–H and O–H groups in total. The number of para-hydroxylation sites is 1. The summed E-state index contributed by atoms with van der Waals surface area (Å²) in [6.07, 6.45) is -0.192. The molecular formula is C18H20N2O7S. The van der Waals surface area contributed by atoms with Gasteiger partial charge in [0.2, 0.25) is 0 Å². The van der Waals surface area contributed by atoms with E-state index in [9.17, 15) is 23.3 Å². The Morgan fingerprint density at radius 1 is 1.18 bits per heavy atom. The summed E-state index contributed by atoms with van der Waals surface area (Å²) in [6.45, 7) is 2.11. The lowest BCUT2D eigenvalue weighted by molar-refractivity contribution is -0.387. The lowest BCUT2D eigenvalue weighted by Crippen LogP contribution is -2.32. The van der Waals surface area contributed by atoms with Crippen LogP contribution in [-0.4, -0.2) is 37.6 Å². The van der Waals surface area contributed by atoms with E-state index in [0.717, 1.165) is 16.4 Å². The Morgan fingerprint density at radius 3 is 2.39 bits per heavy atom. The molecule has 0 spiro atoms. The van der Waals surface area contributed by atoms with Crippen molar-refractivity contribution in [3.05, 3.63) is 58.6 Å². The second-order valence-electron chi connectivity index (χ2n) is 5.73. The van der Waals surface area contributed by atoms with E-state index in [1.165, 1.54) is 24.3 Å². The maximum absolute atomic E-state index is 13.2. The molecule has 0 saturated heterocycles. The number of rotatable bonds is 10. The Morgan fingerprint density at radius 2 is 1.82 bits per heavy atom. The highest BCUT2D eigenvalue weighted by atomic mass is 32.2. The van der Waals surface area contributed by atoms with Gasteiger partial charge in [-0.05, 0) is 43.7 Å². The van der Waals surface area contributed by atoms with Crippen molar-refractivity contribution in [2.24, 2.45) is 0 Å². The van der Waals surface area contributed by atoms with Crippen LogP contribution in [0.15, 0.2) is 53.4 Å². The molecule has 0 atom stereocenters. The van der Waals surface area contributed by atoms with Gasteiger partial charge in [0.05, 0.1) is 17.2 Å². The summed E-state index contributed by atoms with van der Waals surface area (Å²) in [5.41, 5.74) is -0.288. The fraction of sp³-hybridized carbons (Fsp3) is 0.278. The molecule has 2 rings (SSSR count). The van der Waals surface area contributed by atoms with Crippen LogP contribution in [0.3, 0.4) is 0 Å². The lowest BCUT2D eigenvalue weighted by Gasteiger charge is -2.24. The maximum Gasteiger partial charge on any atom is 0.303 e. The summed E-state index contributed by atoms with van der Waals surface area (Å²) in [6, 6.07) is 11.2. The van der Waals surface area contributed by atoms with E-state index in [0.29, 0.717) is 12.4 Å². The van der Waals surface area contributed by atoms with Crippen molar-refractivity contribution in [1.29, 1.82) is 0 Å². The predicted octanol–water partition coefficient (Wildman–Crippen LogP) is 3.05. The third-order valence-electron chi connectivity index (χ3n) is 3.82. The first-order chi connectivity index (χ1) is 13.3. The molecule has 0 unspecified atom stereocenters. The third-order valence-corrected chi connectivity index (χ3v) is 5.69. The number of carboxylic acid groups (broad SMARTS) is 1. The Labute approximate surface area is 162 Å². The average molecular weight is 408 g/mol. The number of hydrogen-bond acceptors (Lipinski definition) is 6. The van der Waals surface area contributed by atoms with Gasteiger partial charge in [0, 0.05) is 19.0 Å². The molecular weight excluding hydrogens is 388 g/mol. The summed E-state index contributed by atoms with van der Waals surface area (Å²) in [7, 11) is -4.29. The highest BCUT2D eigenvalue weighted by molar-refractivity contribution is 7.93. The number of carboxylic acids is 1. The average Bonchev–Trinajstić information content (AvgIpc) is 2.66. The third kappa shape index (κ3) is 4.97.